The predicted octanol–water partition coefficient (Wildman–Crippen LogP) is 0.586. The van der Waals surface area contributed by atoms with E-state index >= 15 is 0 Å². The van der Waals surface area contributed by atoms with Crippen molar-refractivity contribution < 1.29 is 8.39 Å². The molecule has 2 unspecified atom stereocenters. The minimum atomic E-state index is -1.32. The highest BCUT2D eigenvalue weighted by molar-refractivity contribution is 7.83. The fourth-order valence-corrected chi connectivity index (χ4v) is 1.35. The van der Waals surface area contributed by atoms with Crippen LogP contribution in [0.4, 0.5) is 0 Å². The van der Waals surface area contributed by atoms with Crippen molar-refractivity contribution in [2.75, 3.05) is 0 Å². The Bertz CT molecular complexity index is 214. The number of hydrogen-bond donors (Lipinski definition) is 0. The molecule has 0 fully saturated rings. The smallest absolute Gasteiger partial charge is 0.183 e. The Labute approximate surface area is 56.6 Å². The Balaban J connectivity index is 2.83. The molecule has 0 aromatic rings. The molecule has 1 heterocycles. The molecule has 9 heavy (non-hydrogen) atoms. The van der Waals surface area contributed by atoms with Crippen LogP contribution in [0.5, 0.6) is 0 Å². The first-order valence-corrected chi connectivity index (χ1v) is 3.57. The van der Waals surface area contributed by atoms with Gasteiger partial charge in [-0.2, -0.15) is 0 Å². The molecule has 1 rings (SSSR count). The summed E-state index contributed by atoms with van der Waals surface area (Å²) in [5.74, 6) is 2.37. The first-order valence-electron chi connectivity index (χ1n) is 2.43. The fraction of sp³-hybridized carbons (Fsp3) is 0.333. The lowest BCUT2D eigenvalue weighted by atomic mass is 10.1. The van der Waals surface area contributed by atoms with Crippen molar-refractivity contribution in [1.82, 2.24) is 0 Å². The lowest BCUT2D eigenvalue weighted by Crippen LogP contribution is -2.18. The summed E-state index contributed by atoms with van der Waals surface area (Å²) in [5, 5.41) is 1.44. The van der Waals surface area contributed by atoms with Gasteiger partial charge in [0.15, 0.2) is 16.7 Å². The highest BCUT2D eigenvalue weighted by atomic mass is 32.2. The highest BCUT2D eigenvalue weighted by Gasteiger charge is 2.26. The molecule has 0 amide bonds. The van der Waals surface area contributed by atoms with E-state index in [0.717, 1.165) is 0 Å². The normalized spacial score (nSPS) is 40.7. The molecule has 0 bridgehead atoms. The van der Waals surface area contributed by atoms with Crippen LogP contribution in [0.2, 0.25) is 0 Å². The van der Waals surface area contributed by atoms with Gasteiger partial charge in [-0.25, -0.2) is 4.21 Å². The molecular formula is C6H6O2S. The lowest BCUT2D eigenvalue weighted by molar-refractivity contribution is 0.241. The summed E-state index contributed by atoms with van der Waals surface area (Å²) in [5.41, 5.74) is -0.745. The summed E-state index contributed by atoms with van der Waals surface area (Å²) >= 11 is -1.32. The van der Waals surface area contributed by atoms with Crippen molar-refractivity contribution in [2.24, 2.45) is 0 Å². The van der Waals surface area contributed by atoms with Crippen LogP contribution in [0, 0.1) is 12.3 Å². The Morgan fingerprint density at radius 2 is 2.56 bits per heavy atom. The zero-order valence-corrected chi connectivity index (χ0v) is 5.77. The first kappa shape index (κ1) is 6.53. The quantitative estimate of drug-likeness (QED) is 0.462. The molecule has 2 nitrogen and oxygen atoms in total. The largest absolute Gasteiger partial charge is 0.263 e. The molecule has 48 valence electrons. The minimum Gasteiger partial charge on any atom is -0.263 e. The van der Waals surface area contributed by atoms with Crippen molar-refractivity contribution >= 4 is 11.1 Å². The molecule has 0 N–H and O–H groups in total. The van der Waals surface area contributed by atoms with Gasteiger partial charge in [0, 0.05) is 5.41 Å². The third-order valence-electron chi connectivity index (χ3n) is 1.04. The maximum absolute atomic E-state index is 10.5. The second-order valence-corrected chi connectivity index (χ2v) is 2.86. The molecule has 0 saturated carbocycles. The van der Waals surface area contributed by atoms with Gasteiger partial charge in [0.05, 0.1) is 0 Å². The summed E-state index contributed by atoms with van der Waals surface area (Å²) in [6.07, 6.45) is 6.68. The van der Waals surface area contributed by atoms with E-state index in [1.807, 2.05) is 0 Å². The molecule has 0 spiro atoms. The summed E-state index contributed by atoms with van der Waals surface area (Å²) in [6.45, 7) is 1.69. The van der Waals surface area contributed by atoms with Crippen LogP contribution in [0.25, 0.3) is 0 Å². The number of hydrogen-bond acceptors (Lipinski definition) is 2. The van der Waals surface area contributed by atoms with Gasteiger partial charge >= 0.3 is 0 Å². The third kappa shape index (κ3) is 1.21. The zero-order valence-electron chi connectivity index (χ0n) is 4.96. The summed E-state index contributed by atoms with van der Waals surface area (Å²) in [7, 11) is 0. The summed E-state index contributed by atoms with van der Waals surface area (Å²) in [4.78, 5) is 0. The van der Waals surface area contributed by atoms with Gasteiger partial charge in [-0.15, -0.1) is 6.42 Å². The Hall–Kier alpha value is -0.590. The predicted molar refractivity (Wildman–Crippen MR) is 35.6 cm³/mol. The number of terminal acetylenes is 1. The van der Waals surface area contributed by atoms with Crippen LogP contribution < -0.4 is 0 Å². The van der Waals surface area contributed by atoms with Crippen LogP contribution in [0.1, 0.15) is 6.92 Å². The molecule has 0 saturated heterocycles. The summed E-state index contributed by atoms with van der Waals surface area (Å²) in [6, 6.07) is 0. The molecular weight excluding hydrogens is 136 g/mol. The van der Waals surface area contributed by atoms with Gasteiger partial charge in [-0.05, 0) is 13.0 Å². The van der Waals surface area contributed by atoms with Crippen molar-refractivity contribution in [1.29, 1.82) is 0 Å². The molecule has 0 radical (unpaired) electrons. The molecule has 2 atom stereocenters. The van der Waals surface area contributed by atoms with Crippen LogP contribution in [-0.2, 0) is 15.3 Å². The highest BCUT2D eigenvalue weighted by Crippen LogP contribution is 2.19. The summed E-state index contributed by atoms with van der Waals surface area (Å²) < 4.78 is 15.3. The van der Waals surface area contributed by atoms with Crippen molar-refractivity contribution in [3.8, 4) is 12.3 Å². The van der Waals surface area contributed by atoms with Gasteiger partial charge in [0.1, 0.15) is 0 Å². The average molecular weight is 142 g/mol. The van der Waals surface area contributed by atoms with E-state index in [1.54, 1.807) is 13.0 Å². The standard InChI is InChI=1S/C6H6O2S/c1-3-6(2)4-5-9(7)8-6/h1,4-5H,2H3. The van der Waals surface area contributed by atoms with Crippen molar-refractivity contribution in [2.45, 2.75) is 12.5 Å². The third-order valence-corrected chi connectivity index (χ3v) is 1.91. The molecule has 3 heteroatoms. The molecule has 1 aliphatic rings. The molecule has 0 aromatic heterocycles. The first-order chi connectivity index (χ1) is 4.16. The van der Waals surface area contributed by atoms with Crippen LogP contribution in [-0.4, -0.2) is 9.81 Å². The van der Waals surface area contributed by atoms with E-state index in [0.29, 0.717) is 0 Å². The average Bonchev–Trinajstić information content (AvgIpc) is 2.13. The van der Waals surface area contributed by atoms with E-state index in [4.69, 9.17) is 10.6 Å². The Kier molecular flexibility index (Phi) is 1.43. The van der Waals surface area contributed by atoms with E-state index < -0.39 is 16.7 Å². The second kappa shape index (κ2) is 1.98. The Morgan fingerprint density at radius 1 is 1.89 bits per heavy atom. The van der Waals surface area contributed by atoms with E-state index in [1.165, 1.54) is 5.41 Å². The monoisotopic (exact) mass is 142 g/mol. The maximum Gasteiger partial charge on any atom is 0.183 e. The van der Waals surface area contributed by atoms with Gasteiger partial charge < -0.3 is 0 Å². The topological polar surface area (TPSA) is 26.3 Å². The molecule has 0 aromatic carbocycles. The SMILES string of the molecule is C#CC1(C)C=CS(=O)O1. The fourth-order valence-electron chi connectivity index (χ4n) is 0.484. The van der Waals surface area contributed by atoms with E-state index in [9.17, 15) is 4.21 Å². The van der Waals surface area contributed by atoms with Crippen LogP contribution in [0.3, 0.4) is 0 Å². The van der Waals surface area contributed by atoms with Gasteiger partial charge in [0.2, 0.25) is 0 Å². The van der Waals surface area contributed by atoms with Gasteiger partial charge in [-0.3, -0.25) is 4.18 Å². The lowest BCUT2D eigenvalue weighted by Gasteiger charge is -2.09. The van der Waals surface area contributed by atoms with Crippen molar-refractivity contribution in [3.63, 3.8) is 0 Å². The maximum atomic E-state index is 10.5. The van der Waals surface area contributed by atoms with E-state index in [-0.39, 0.29) is 0 Å². The zero-order chi connectivity index (χ0) is 6.91. The minimum absolute atomic E-state index is 0.745. The second-order valence-electron chi connectivity index (χ2n) is 1.90. The van der Waals surface area contributed by atoms with Crippen molar-refractivity contribution in [3.05, 3.63) is 11.5 Å². The molecule has 0 aliphatic carbocycles. The van der Waals surface area contributed by atoms with Gasteiger partial charge in [0.25, 0.3) is 0 Å². The van der Waals surface area contributed by atoms with E-state index in [2.05, 4.69) is 5.92 Å². The van der Waals surface area contributed by atoms with Crippen LogP contribution >= 0.6 is 0 Å². The Morgan fingerprint density at radius 3 is 2.78 bits per heavy atom. The molecule has 1 aliphatic heterocycles. The van der Waals surface area contributed by atoms with Gasteiger partial charge in [-0.1, -0.05) is 5.92 Å². The van der Waals surface area contributed by atoms with Crippen LogP contribution in [0.15, 0.2) is 11.5 Å². The number of rotatable bonds is 0.